The lowest BCUT2D eigenvalue weighted by atomic mass is 9.88. The van der Waals surface area contributed by atoms with Crippen LogP contribution in [0.25, 0.3) is 0 Å². The summed E-state index contributed by atoms with van der Waals surface area (Å²) in [5.41, 5.74) is -0.203. The molecule has 3 atom stereocenters. The normalized spacial score (nSPS) is 26.2. The van der Waals surface area contributed by atoms with Crippen molar-refractivity contribution in [3.05, 3.63) is 29.6 Å². The van der Waals surface area contributed by atoms with Crippen LogP contribution in [-0.4, -0.2) is 72.2 Å². The van der Waals surface area contributed by atoms with Crippen LogP contribution in [0.4, 0.5) is 27.2 Å². The Morgan fingerprint density at radius 3 is 2.56 bits per heavy atom. The fourth-order valence-corrected chi connectivity index (χ4v) is 5.04. The number of rotatable bonds is 6. The van der Waals surface area contributed by atoms with Gasteiger partial charge in [-0.1, -0.05) is 6.07 Å². The highest BCUT2D eigenvalue weighted by atomic mass is 19.4. The number of carbonyl (C=O) groups excluding carboxylic acids is 2. The summed E-state index contributed by atoms with van der Waals surface area (Å²) in [5.74, 6) is -1.52. The van der Waals surface area contributed by atoms with Crippen LogP contribution in [0, 0.1) is 17.2 Å². The maximum Gasteiger partial charge on any atom is 0.573 e. The lowest BCUT2D eigenvalue weighted by Crippen LogP contribution is -2.58. The van der Waals surface area contributed by atoms with Crippen LogP contribution in [0.5, 0.6) is 5.75 Å². The maximum atomic E-state index is 14.3. The minimum Gasteiger partial charge on any atom is -0.406 e. The van der Waals surface area contributed by atoms with Crippen LogP contribution in [0.2, 0.25) is 0 Å². The number of nitrogens with one attached hydrogen (secondary N) is 2. The first kappa shape index (κ1) is 24.4. The molecule has 4 amide bonds. The Hall–Kier alpha value is -2.76. The molecule has 2 saturated carbocycles. The average molecular weight is 488 g/mol. The van der Waals surface area contributed by atoms with Gasteiger partial charge in [0, 0.05) is 51.0 Å². The van der Waals surface area contributed by atoms with Crippen molar-refractivity contribution in [3.8, 4) is 5.75 Å². The molecule has 8 nitrogen and oxygen atoms in total. The number of urea groups is 2. The predicted octanol–water partition coefficient (Wildman–Crippen LogP) is 2.81. The van der Waals surface area contributed by atoms with E-state index < -0.39 is 24.0 Å². The maximum absolute atomic E-state index is 14.3. The third kappa shape index (κ3) is 5.31. The summed E-state index contributed by atoms with van der Waals surface area (Å²) in [4.78, 5) is 28.9. The number of alkyl halides is 3. The van der Waals surface area contributed by atoms with Crippen LogP contribution in [0.3, 0.4) is 0 Å². The molecule has 3 aliphatic rings. The van der Waals surface area contributed by atoms with Gasteiger partial charge in [-0.05, 0) is 43.1 Å². The van der Waals surface area contributed by atoms with Crippen LogP contribution in [0.15, 0.2) is 18.2 Å². The molecule has 1 saturated heterocycles. The second-order valence-corrected chi connectivity index (χ2v) is 9.34. The van der Waals surface area contributed by atoms with Gasteiger partial charge in [0.05, 0.1) is 6.04 Å². The third-order valence-electron chi connectivity index (χ3n) is 6.92. The molecular weight excluding hydrogens is 460 g/mol. The molecule has 3 unspecified atom stereocenters. The van der Waals surface area contributed by atoms with Crippen molar-refractivity contribution in [1.82, 2.24) is 20.4 Å². The summed E-state index contributed by atoms with van der Waals surface area (Å²) in [6.07, 6.45) is -1.85. The van der Waals surface area contributed by atoms with Crippen molar-refractivity contribution in [2.45, 2.75) is 50.7 Å². The summed E-state index contributed by atoms with van der Waals surface area (Å²) in [6.45, 7) is 0.682. The Labute approximate surface area is 194 Å². The molecule has 1 aliphatic heterocycles. The number of nitrogens with zero attached hydrogens (tertiary/aromatic N) is 2. The standard InChI is InChI=1S/C22H28F4N4O4/c1-27-19(32)29-10-16(8-21(12-29)7-14(21)11-31)30(15-3-4-15)20(33)28-9-13-2-5-17(6-18(13)23)34-22(24,25)26/h2,5-6,14-16,31H,3-4,7-12H2,1H3,(H,27,32)(H,28,33). The zero-order valence-corrected chi connectivity index (χ0v) is 18.7. The molecule has 1 spiro atoms. The highest BCUT2D eigenvalue weighted by Gasteiger charge is 2.59. The first-order valence-corrected chi connectivity index (χ1v) is 11.2. The topological polar surface area (TPSA) is 94.1 Å². The lowest BCUT2D eigenvalue weighted by Gasteiger charge is -2.43. The molecule has 0 aromatic heterocycles. The SMILES string of the molecule is CNC(=O)N1CC(N(C(=O)NCc2ccc(OC(F)(F)F)cc2F)C2CC2)CC2(CC2CO)C1. The molecule has 4 rings (SSSR count). The zero-order valence-electron chi connectivity index (χ0n) is 18.7. The van der Waals surface area contributed by atoms with Crippen LogP contribution < -0.4 is 15.4 Å². The van der Waals surface area contributed by atoms with Crippen molar-refractivity contribution in [1.29, 1.82) is 0 Å². The van der Waals surface area contributed by atoms with Gasteiger partial charge in [-0.15, -0.1) is 13.2 Å². The smallest absolute Gasteiger partial charge is 0.406 e. The molecule has 2 aliphatic carbocycles. The first-order chi connectivity index (χ1) is 16.0. The van der Waals surface area contributed by atoms with Gasteiger partial charge in [0.15, 0.2) is 0 Å². The predicted molar refractivity (Wildman–Crippen MR) is 112 cm³/mol. The zero-order chi connectivity index (χ0) is 24.7. The molecule has 0 radical (unpaired) electrons. The average Bonchev–Trinajstić information content (AvgIpc) is 3.69. The summed E-state index contributed by atoms with van der Waals surface area (Å²) in [6, 6.07) is 1.84. The number of benzene rings is 1. The lowest BCUT2D eigenvalue weighted by molar-refractivity contribution is -0.274. The monoisotopic (exact) mass is 488 g/mol. The second-order valence-electron chi connectivity index (χ2n) is 9.34. The molecular formula is C22H28F4N4O4. The minimum absolute atomic E-state index is 0.00502. The van der Waals surface area contributed by atoms with Crippen molar-refractivity contribution >= 4 is 12.1 Å². The van der Waals surface area contributed by atoms with Crippen molar-refractivity contribution in [3.63, 3.8) is 0 Å². The number of amides is 4. The molecule has 3 fully saturated rings. The fraction of sp³-hybridized carbons (Fsp3) is 0.636. The number of carbonyl (C=O) groups is 2. The summed E-state index contributed by atoms with van der Waals surface area (Å²) >= 11 is 0. The van der Waals surface area contributed by atoms with Gasteiger partial charge in [0.1, 0.15) is 11.6 Å². The number of hydrogen-bond donors (Lipinski definition) is 3. The number of hydrogen-bond acceptors (Lipinski definition) is 4. The molecule has 34 heavy (non-hydrogen) atoms. The Kier molecular flexibility index (Phi) is 6.54. The molecule has 1 heterocycles. The van der Waals surface area contributed by atoms with E-state index in [0.717, 1.165) is 31.4 Å². The summed E-state index contributed by atoms with van der Waals surface area (Å²) in [7, 11) is 1.54. The van der Waals surface area contributed by atoms with Crippen LogP contribution in [-0.2, 0) is 6.54 Å². The molecule has 1 aromatic rings. The van der Waals surface area contributed by atoms with E-state index in [1.54, 1.807) is 16.8 Å². The van der Waals surface area contributed by atoms with Gasteiger partial charge in [0.25, 0.3) is 0 Å². The number of halogens is 4. The van der Waals surface area contributed by atoms with Crippen molar-refractivity contribution < 1.29 is 37.0 Å². The van der Waals surface area contributed by atoms with Crippen molar-refractivity contribution in [2.24, 2.45) is 11.3 Å². The van der Waals surface area contributed by atoms with Gasteiger partial charge in [-0.2, -0.15) is 0 Å². The Morgan fingerprint density at radius 1 is 1.26 bits per heavy atom. The molecule has 188 valence electrons. The quantitative estimate of drug-likeness (QED) is 0.537. The van der Waals surface area contributed by atoms with Crippen molar-refractivity contribution in [2.75, 3.05) is 26.7 Å². The third-order valence-corrected chi connectivity index (χ3v) is 6.92. The number of likely N-dealkylation sites (tertiary alicyclic amines) is 1. The Morgan fingerprint density at radius 2 is 2.00 bits per heavy atom. The van der Waals surface area contributed by atoms with Gasteiger partial charge in [0.2, 0.25) is 0 Å². The number of aliphatic hydroxyl groups excluding tert-OH is 1. The summed E-state index contributed by atoms with van der Waals surface area (Å²) < 4.78 is 55.0. The van der Waals surface area contributed by atoms with Crippen LogP contribution in [0.1, 0.15) is 31.2 Å². The fourth-order valence-electron chi connectivity index (χ4n) is 5.04. The molecule has 3 N–H and O–H groups in total. The van der Waals surface area contributed by atoms with Gasteiger partial charge < -0.3 is 30.3 Å². The van der Waals surface area contributed by atoms with Gasteiger partial charge in [-0.3, -0.25) is 0 Å². The van der Waals surface area contributed by atoms with E-state index in [1.807, 2.05) is 0 Å². The first-order valence-electron chi connectivity index (χ1n) is 11.2. The molecule has 12 heteroatoms. The molecule has 0 bridgehead atoms. The van der Waals surface area contributed by atoms with E-state index in [0.29, 0.717) is 25.6 Å². The molecule has 1 aromatic carbocycles. The van der Waals surface area contributed by atoms with E-state index in [1.165, 1.54) is 0 Å². The Bertz CT molecular complexity index is 942. The van der Waals surface area contributed by atoms with E-state index in [4.69, 9.17) is 0 Å². The van der Waals surface area contributed by atoms with Crippen LogP contribution >= 0.6 is 0 Å². The number of piperidine rings is 1. The second kappa shape index (κ2) is 9.12. The Balaban J connectivity index is 1.44. The van der Waals surface area contributed by atoms with E-state index >= 15 is 0 Å². The minimum atomic E-state index is -4.93. The number of ether oxygens (including phenoxy) is 1. The van der Waals surface area contributed by atoms with Gasteiger partial charge in [-0.25, -0.2) is 14.0 Å². The highest BCUT2D eigenvalue weighted by molar-refractivity contribution is 5.76. The summed E-state index contributed by atoms with van der Waals surface area (Å²) in [5, 5.41) is 15.0. The highest BCUT2D eigenvalue weighted by Crippen LogP contribution is 2.58. The van der Waals surface area contributed by atoms with E-state index in [-0.39, 0.29) is 48.2 Å². The number of aliphatic hydroxyl groups is 1. The van der Waals surface area contributed by atoms with Gasteiger partial charge >= 0.3 is 18.4 Å². The largest absolute Gasteiger partial charge is 0.573 e. The van der Waals surface area contributed by atoms with E-state index in [9.17, 15) is 32.3 Å². The van der Waals surface area contributed by atoms with E-state index in [2.05, 4.69) is 15.4 Å².